The topological polar surface area (TPSA) is 68.3 Å². The zero-order valence-corrected chi connectivity index (χ0v) is 17.9. The Morgan fingerprint density at radius 2 is 1.96 bits per heavy atom. The highest BCUT2D eigenvalue weighted by molar-refractivity contribution is 5.79. The minimum atomic E-state index is 0.534. The number of H-pyrrole nitrogens is 1. The molecule has 3 N–H and O–H groups in total. The van der Waals surface area contributed by atoms with Crippen LogP contribution >= 0.6 is 0 Å². The Balaban J connectivity index is 1.84. The van der Waals surface area contributed by atoms with Gasteiger partial charge in [0.05, 0.1) is 12.7 Å². The SMILES string of the molecule is CCNC(=NCC(C(C)C)N1CCCCCC1)NCCCc1cn[nH]c1C. The monoisotopic (exact) mass is 376 g/mol. The number of hydrogen-bond donors (Lipinski definition) is 3. The molecule has 1 aliphatic rings. The molecule has 6 nitrogen and oxygen atoms in total. The van der Waals surface area contributed by atoms with Crippen molar-refractivity contribution in [3.63, 3.8) is 0 Å². The van der Waals surface area contributed by atoms with Gasteiger partial charge in [0.25, 0.3) is 0 Å². The van der Waals surface area contributed by atoms with Gasteiger partial charge in [0.1, 0.15) is 0 Å². The number of hydrogen-bond acceptors (Lipinski definition) is 3. The van der Waals surface area contributed by atoms with Crippen molar-refractivity contribution in [3.05, 3.63) is 17.5 Å². The molecule has 154 valence electrons. The van der Waals surface area contributed by atoms with Crippen LogP contribution in [-0.2, 0) is 6.42 Å². The van der Waals surface area contributed by atoms with E-state index in [1.807, 2.05) is 6.20 Å². The Bertz CT molecular complexity index is 543. The van der Waals surface area contributed by atoms with E-state index < -0.39 is 0 Å². The van der Waals surface area contributed by atoms with E-state index in [9.17, 15) is 0 Å². The zero-order chi connectivity index (χ0) is 19.5. The van der Waals surface area contributed by atoms with Gasteiger partial charge in [0.15, 0.2) is 5.96 Å². The van der Waals surface area contributed by atoms with Crippen molar-refractivity contribution >= 4 is 5.96 Å². The van der Waals surface area contributed by atoms with Gasteiger partial charge in [-0.15, -0.1) is 0 Å². The van der Waals surface area contributed by atoms with Gasteiger partial charge in [-0.3, -0.25) is 15.0 Å². The van der Waals surface area contributed by atoms with Gasteiger partial charge in [-0.05, 0) is 64.1 Å². The van der Waals surface area contributed by atoms with E-state index >= 15 is 0 Å². The molecule has 27 heavy (non-hydrogen) atoms. The first-order valence-corrected chi connectivity index (χ1v) is 10.9. The number of nitrogens with one attached hydrogen (secondary N) is 3. The number of aliphatic imine (C=N–C) groups is 1. The van der Waals surface area contributed by atoms with Crippen molar-refractivity contribution < 1.29 is 0 Å². The summed E-state index contributed by atoms with van der Waals surface area (Å²) in [6.45, 7) is 14.0. The third-order valence-electron chi connectivity index (χ3n) is 5.51. The van der Waals surface area contributed by atoms with Crippen molar-refractivity contribution in [1.82, 2.24) is 25.7 Å². The summed E-state index contributed by atoms with van der Waals surface area (Å²) in [6, 6.07) is 0.534. The molecule has 0 saturated carbocycles. The number of aromatic nitrogens is 2. The molecule has 2 rings (SSSR count). The van der Waals surface area contributed by atoms with Crippen molar-refractivity contribution in [2.45, 2.75) is 72.3 Å². The lowest BCUT2D eigenvalue weighted by molar-refractivity contribution is 0.166. The lowest BCUT2D eigenvalue weighted by atomic mass is 10.0. The molecular formula is C21H40N6. The van der Waals surface area contributed by atoms with E-state index in [1.165, 1.54) is 50.0 Å². The first-order chi connectivity index (χ1) is 13.1. The maximum Gasteiger partial charge on any atom is 0.191 e. The van der Waals surface area contributed by atoms with Gasteiger partial charge in [-0.1, -0.05) is 26.7 Å². The van der Waals surface area contributed by atoms with Crippen LogP contribution in [0.4, 0.5) is 0 Å². The van der Waals surface area contributed by atoms with Gasteiger partial charge >= 0.3 is 0 Å². The highest BCUT2D eigenvalue weighted by Gasteiger charge is 2.22. The summed E-state index contributed by atoms with van der Waals surface area (Å²) in [6.07, 6.45) is 9.47. The van der Waals surface area contributed by atoms with E-state index in [0.29, 0.717) is 12.0 Å². The summed E-state index contributed by atoms with van der Waals surface area (Å²) in [5, 5.41) is 14.0. The molecule has 0 aromatic carbocycles. The summed E-state index contributed by atoms with van der Waals surface area (Å²) >= 11 is 0. The number of likely N-dealkylation sites (tertiary alicyclic amines) is 1. The summed E-state index contributed by atoms with van der Waals surface area (Å²) in [7, 11) is 0. The normalized spacial score (nSPS) is 17.7. The van der Waals surface area contributed by atoms with Crippen LogP contribution < -0.4 is 10.6 Å². The van der Waals surface area contributed by atoms with Crippen LogP contribution in [0.3, 0.4) is 0 Å². The maximum atomic E-state index is 4.93. The summed E-state index contributed by atoms with van der Waals surface area (Å²) in [5.74, 6) is 1.57. The van der Waals surface area contributed by atoms with Crippen LogP contribution in [-0.4, -0.2) is 59.8 Å². The molecule has 1 atom stereocenters. The largest absolute Gasteiger partial charge is 0.357 e. The minimum absolute atomic E-state index is 0.534. The lowest BCUT2D eigenvalue weighted by Crippen LogP contribution is -2.44. The first kappa shape index (κ1) is 21.7. The molecule has 1 aliphatic heterocycles. The average Bonchev–Trinajstić information content (AvgIpc) is 2.88. The van der Waals surface area contributed by atoms with Gasteiger partial charge in [-0.2, -0.15) is 5.10 Å². The number of nitrogens with zero attached hydrogens (tertiary/aromatic N) is 3. The Kier molecular flexibility index (Phi) is 9.67. The molecule has 0 bridgehead atoms. The van der Waals surface area contributed by atoms with E-state index in [4.69, 9.17) is 4.99 Å². The van der Waals surface area contributed by atoms with Gasteiger partial charge in [0.2, 0.25) is 0 Å². The van der Waals surface area contributed by atoms with E-state index in [0.717, 1.165) is 38.4 Å². The Morgan fingerprint density at radius 3 is 2.56 bits per heavy atom. The Labute approximate surface area is 165 Å². The van der Waals surface area contributed by atoms with Crippen molar-refractivity contribution in [1.29, 1.82) is 0 Å². The second kappa shape index (κ2) is 12.0. The molecule has 0 aliphatic carbocycles. The lowest BCUT2D eigenvalue weighted by Gasteiger charge is -2.32. The number of aryl methyl sites for hydroxylation is 2. The minimum Gasteiger partial charge on any atom is -0.357 e. The van der Waals surface area contributed by atoms with Crippen LogP contribution in [0.2, 0.25) is 0 Å². The van der Waals surface area contributed by atoms with Crippen molar-refractivity contribution in [2.24, 2.45) is 10.9 Å². The molecule has 2 heterocycles. The summed E-state index contributed by atoms with van der Waals surface area (Å²) in [4.78, 5) is 7.60. The van der Waals surface area contributed by atoms with E-state index in [1.54, 1.807) is 0 Å². The van der Waals surface area contributed by atoms with Gasteiger partial charge in [-0.25, -0.2) is 0 Å². The fraction of sp³-hybridized carbons (Fsp3) is 0.810. The Hall–Kier alpha value is -1.56. The van der Waals surface area contributed by atoms with Crippen molar-refractivity contribution in [2.75, 3.05) is 32.7 Å². The molecule has 1 fully saturated rings. The van der Waals surface area contributed by atoms with Crippen LogP contribution in [0, 0.1) is 12.8 Å². The molecule has 0 radical (unpaired) electrons. The molecule has 6 heteroatoms. The van der Waals surface area contributed by atoms with E-state index in [2.05, 4.69) is 53.4 Å². The molecule has 1 aromatic heterocycles. The highest BCUT2D eigenvalue weighted by Crippen LogP contribution is 2.17. The Morgan fingerprint density at radius 1 is 1.22 bits per heavy atom. The molecule has 1 unspecified atom stereocenters. The second-order valence-corrected chi connectivity index (χ2v) is 8.03. The van der Waals surface area contributed by atoms with Crippen LogP contribution in [0.25, 0.3) is 0 Å². The fourth-order valence-corrected chi connectivity index (χ4v) is 3.81. The van der Waals surface area contributed by atoms with Crippen LogP contribution in [0.15, 0.2) is 11.2 Å². The predicted molar refractivity (Wildman–Crippen MR) is 114 cm³/mol. The molecule has 1 saturated heterocycles. The van der Waals surface area contributed by atoms with E-state index in [-0.39, 0.29) is 0 Å². The zero-order valence-electron chi connectivity index (χ0n) is 17.9. The van der Waals surface area contributed by atoms with Gasteiger partial charge < -0.3 is 10.6 Å². The third-order valence-corrected chi connectivity index (χ3v) is 5.51. The quantitative estimate of drug-likeness (QED) is 0.352. The standard InChI is InChI=1S/C21H40N6/c1-5-22-21(23-12-10-11-19-15-25-26-18(19)4)24-16-20(17(2)3)27-13-8-6-7-9-14-27/h15,17,20H,5-14,16H2,1-4H3,(H,25,26)(H2,22,23,24). The van der Waals surface area contributed by atoms with Crippen LogP contribution in [0.1, 0.15) is 64.1 Å². The first-order valence-electron chi connectivity index (χ1n) is 10.9. The molecule has 0 spiro atoms. The highest BCUT2D eigenvalue weighted by atomic mass is 15.2. The summed E-state index contributed by atoms with van der Waals surface area (Å²) < 4.78 is 0. The number of aromatic amines is 1. The third kappa shape index (κ3) is 7.53. The maximum absolute atomic E-state index is 4.93. The molecular weight excluding hydrogens is 336 g/mol. The second-order valence-electron chi connectivity index (χ2n) is 8.03. The molecule has 1 aromatic rings. The fourth-order valence-electron chi connectivity index (χ4n) is 3.81. The summed E-state index contributed by atoms with van der Waals surface area (Å²) in [5.41, 5.74) is 2.48. The average molecular weight is 377 g/mol. The molecule has 0 amide bonds. The number of guanidine groups is 1. The number of rotatable bonds is 9. The smallest absolute Gasteiger partial charge is 0.191 e. The van der Waals surface area contributed by atoms with Gasteiger partial charge in [0, 0.05) is 24.8 Å². The predicted octanol–water partition coefficient (Wildman–Crippen LogP) is 3.11. The van der Waals surface area contributed by atoms with Crippen LogP contribution in [0.5, 0.6) is 0 Å². The van der Waals surface area contributed by atoms with Crippen molar-refractivity contribution in [3.8, 4) is 0 Å².